The van der Waals surface area contributed by atoms with E-state index >= 15 is 0 Å². The molecule has 5 nitrogen and oxygen atoms in total. The highest BCUT2D eigenvalue weighted by Crippen LogP contribution is 2.31. The Kier molecular flexibility index (Phi) is 4.19. The van der Waals surface area contributed by atoms with E-state index in [-0.39, 0.29) is 6.04 Å². The minimum absolute atomic E-state index is 0.112. The van der Waals surface area contributed by atoms with Gasteiger partial charge in [-0.1, -0.05) is 36.0 Å². The molecule has 108 valence electrons. The summed E-state index contributed by atoms with van der Waals surface area (Å²) in [5, 5.41) is 6.48. The van der Waals surface area contributed by atoms with Gasteiger partial charge in [0, 0.05) is 17.8 Å². The first-order chi connectivity index (χ1) is 10.3. The zero-order chi connectivity index (χ0) is 14.7. The maximum Gasteiger partial charge on any atom is 0.0844 e. The van der Waals surface area contributed by atoms with Crippen molar-refractivity contribution < 1.29 is 0 Å². The van der Waals surface area contributed by atoms with Crippen LogP contribution in [0.5, 0.6) is 0 Å². The molecule has 0 aliphatic carbocycles. The fraction of sp³-hybridized carbons (Fsp3) is 0.267. The van der Waals surface area contributed by atoms with Crippen LogP contribution in [0.1, 0.15) is 35.5 Å². The van der Waals surface area contributed by atoms with Gasteiger partial charge in [0.05, 0.1) is 16.6 Å². The van der Waals surface area contributed by atoms with Gasteiger partial charge in [-0.25, -0.2) is 5.43 Å². The number of benzene rings is 1. The molecule has 21 heavy (non-hydrogen) atoms. The Hall–Kier alpha value is -1.89. The van der Waals surface area contributed by atoms with Crippen LogP contribution in [0.3, 0.4) is 0 Å². The molecule has 0 saturated carbocycles. The zero-order valence-electron chi connectivity index (χ0n) is 11.8. The fourth-order valence-electron chi connectivity index (χ4n) is 2.54. The molecule has 1 atom stereocenters. The molecule has 3 aromatic rings. The molecule has 3 N–H and O–H groups in total. The van der Waals surface area contributed by atoms with Crippen LogP contribution in [0.25, 0.3) is 10.8 Å². The van der Waals surface area contributed by atoms with Crippen LogP contribution in [-0.2, 0) is 6.42 Å². The topological polar surface area (TPSA) is 76.7 Å². The summed E-state index contributed by atoms with van der Waals surface area (Å²) >= 11 is 1.40. The van der Waals surface area contributed by atoms with Crippen LogP contribution in [0.2, 0.25) is 0 Å². The maximum absolute atomic E-state index is 5.83. The van der Waals surface area contributed by atoms with Crippen LogP contribution in [0.4, 0.5) is 0 Å². The Morgan fingerprint density at radius 3 is 3.05 bits per heavy atom. The minimum atomic E-state index is -0.112. The molecule has 6 heteroatoms. The third kappa shape index (κ3) is 2.65. The molecular formula is C15H17N5S. The summed E-state index contributed by atoms with van der Waals surface area (Å²) in [7, 11) is 0. The van der Waals surface area contributed by atoms with E-state index in [0.717, 1.165) is 39.7 Å². The second-order valence-corrected chi connectivity index (χ2v) is 5.66. The number of aromatic nitrogens is 3. The van der Waals surface area contributed by atoms with Gasteiger partial charge >= 0.3 is 0 Å². The molecule has 0 fully saturated rings. The molecule has 0 aliphatic heterocycles. The molecule has 0 bridgehead atoms. The summed E-state index contributed by atoms with van der Waals surface area (Å²) in [5.41, 5.74) is 5.04. The van der Waals surface area contributed by atoms with Crippen molar-refractivity contribution in [3.63, 3.8) is 0 Å². The van der Waals surface area contributed by atoms with E-state index in [4.69, 9.17) is 5.84 Å². The summed E-state index contributed by atoms with van der Waals surface area (Å²) in [4.78, 5) is 5.31. The lowest BCUT2D eigenvalue weighted by Crippen LogP contribution is -2.29. The highest BCUT2D eigenvalue weighted by molar-refractivity contribution is 7.05. The number of nitrogens with one attached hydrogen (secondary N) is 1. The Bertz CT molecular complexity index is 734. The Balaban J connectivity index is 2.12. The molecule has 1 aromatic carbocycles. The van der Waals surface area contributed by atoms with Gasteiger partial charge < -0.3 is 0 Å². The third-order valence-corrected chi connectivity index (χ3v) is 4.36. The maximum atomic E-state index is 5.83. The molecule has 0 saturated heterocycles. The van der Waals surface area contributed by atoms with E-state index in [1.54, 1.807) is 6.20 Å². The lowest BCUT2D eigenvalue weighted by atomic mass is 9.98. The largest absolute Gasteiger partial charge is 0.271 e. The number of hydrazine groups is 1. The number of aryl methyl sites for hydroxylation is 1. The van der Waals surface area contributed by atoms with E-state index in [1.807, 2.05) is 18.3 Å². The molecule has 1 unspecified atom stereocenters. The fourth-order valence-corrected chi connectivity index (χ4v) is 3.32. The van der Waals surface area contributed by atoms with Gasteiger partial charge in [-0.15, -0.1) is 5.10 Å². The molecule has 0 amide bonds. The van der Waals surface area contributed by atoms with Crippen LogP contribution >= 0.6 is 11.5 Å². The summed E-state index contributed by atoms with van der Waals surface area (Å²) in [6.45, 7) is 2.13. The Morgan fingerprint density at radius 2 is 2.24 bits per heavy atom. The van der Waals surface area contributed by atoms with Crippen molar-refractivity contribution >= 4 is 22.3 Å². The smallest absolute Gasteiger partial charge is 0.0844 e. The zero-order valence-corrected chi connectivity index (χ0v) is 12.6. The van der Waals surface area contributed by atoms with Crippen molar-refractivity contribution in [3.05, 3.63) is 52.8 Å². The van der Waals surface area contributed by atoms with E-state index < -0.39 is 0 Å². The van der Waals surface area contributed by atoms with Gasteiger partial charge in [-0.2, -0.15) is 0 Å². The lowest BCUT2D eigenvalue weighted by Gasteiger charge is -2.17. The number of hydrogen-bond acceptors (Lipinski definition) is 6. The predicted molar refractivity (Wildman–Crippen MR) is 84.8 cm³/mol. The minimum Gasteiger partial charge on any atom is -0.271 e. The van der Waals surface area contributed by atoms with Gasteiger partial charge in [-0.3, -0.25) is 10.8 Å². The van der Waals surface area contributed by atoms with E-state index in [1.165, 1.54) is 11.5 Å². The lowest BCUT2D eigenvalue weighted by molar-refractivity contribution is 0.640. The number of hydrogen-bond donors (Lipinski definition) is 2. The average molecular weight is 299 g/mol. The van der Waals surface area contributed by atoms with E-state index in [2.05, 4.69) is 39.1 Å². The van der Waals surface area contributed by atoms with Gasteiger partial charge in [0.1, 0.15) is 0 Å². The SMILES string of the molecule is CCCc1nnsc1C(NN)c1cccc2ccncc12. The predicted octanol–water partition coefficient (Wildman–Crippen LogP) is 2.59. The van der Waals surface area contributed by atoms with Crippen molar-refractivity contribution in [2.24, 2.45) is 5.84 Å². The summed E-state index contributed by atoms with van der Waals surface area (Å²) in [6, 6.07) is 8.08. The number of nitrogens with two attached hydrogens (primary N) is 1. The van der Waals surface area contributed by atoms with Gasteiger partial charge in [-0.05, 0) is 35.0 Å². The first-order valence-corrected chi connectivity index (χ1v) is 7.72. The monoisotopic (exact) mass is 299 g/mol. The van der Waals surface area contributed by atoms with Gasteiger partial charge in [0.2, 0.25) is 0 Å². The van der Waals surface area contributed by atoms with Crippen LogP contribution < -0.4 is 11.3 Å². The normalized spacial score (nSPS) is 12.7. The molecule has 2 aromatic heterocycles. The first kappa shape index (κ1) is 14.1. The summed E-state index contributed by atoms with van der Waals surface area (Å²) < 4.78 is 4.10. The van der Waals surface area contributed by atoms with Crippen LogP contribution in [0, 0.1) is 0 Å². The number of pyridine rings is 1. The summed E-state index contributed by atoms with van der Waals surface area (Å²) in [5.74, 6) is 5.83. The van der Waals surface area contributed by atoms with Crippen LogP contribution in [-0.4, -0.2) is 14.6 Å². The van der Waals surface area contributed by atoms with Crippen molar-refractivity contribution in [2.45, 2.75) is 25.8 Å². The molecule has 0 radical (unpaired) electrons. The first-order valence-electron chi connectivity index (χ1n) is 6.95. The standard InChI is InChI=1S/C15H17N5S/c1-2-4-13-15(21-20-19-13)14(18-16)11-6-3-5-10-7-8-17-9-12(10)11/h3,5-9,14,18H,2,4,16H2,1H3. The van der Waals surface area contributed by atoms with Crippen molar-refractivity contribution in [3.8, 4) is 0 Å². The van der Waals surface area contributed by atoms with Crippen molar-refractivity contribution in [1.29, 1.82) is 0 Å². The highest BCUT2D eigenvalue weighted by atomic mass is 32.1. The number of fused-ring (bicyclic) bond motifs is 1. The van der Waals surface area contributed by atoms with Crippen LogP contribution in [0.15, 0.2) is 36.7 Å². The average Bonchev–Trinajstić information content (AvgIpc) is 2.97. The molecule has 0 aliphatic rings. The number of rotatable bonds is 5. The number of nitrogens with zero attached hydrogens (tertiary/aromatic N) is 3. The highest BCUT2D eigenvalue weighted by Gasteiger charge is 2.21. The Labute approximate surface area is 127 Å². The van der Waals surface area contributed by atoms with Gasteiger partial charge in [0.15, 0.2) is 0 Å². The molecule has 3 rings (SSSR count). The van der Waals surface area contributed by atoms with Gasteiger partial charge in [0.25, 0.3) is 0 Å². The van der Waals surface area contributed by atoms with E-state index in [9.17, 15) is 0 Å². The summed E-state index contributed by atoms with van der Waals surface area (Å²) in [6.07, 6.45) is 5.62. The van der Waals surface area contributed by atoms with E-state index in [0.29, 0.717) is 0 Å². The second-order valence-electron chi connectivity index (χ2n) is 4.88. The Morgan fingerprint density at radius 1 is 1.33 bits per heavy atom. The molecular weight excluding hydrogens is 282 g/mol. The second kappa shape index (κ2) is 6.26. The quantitative estimate of drug-likeness (QED) is 0.559. The third-order valence-electron chi connectivity index (χ3n) is 3.53. The van der Waals surface area contributed by atoms with Crippen molar-refractivity contribution in [2.75, 3.05) is 0 Å². The van der Waals surface area contributed by atoms with Crippen molar-refractivity contribution in [1.82, 2.24) is 20.0 Å². The molecule has 2 heterocycles. The molecule has 0 spiro atoms.